The molecule has 0 aromatic heterocycles. The summed E-state index contributed by atoms with van der Waals surface area (Å²) in [7, 11) is 0. The van der Waals surface area contributed by atoms with Crippen LogP contribution in [-0.4, -0.2) is 54.8 Å². The molecule has 0 heterocycles. The lowest BCUT2D eigenvalue weighted by atomic mass is 9.71. The van der Waals surface area contributed by atoms with Crippen LogP contribution in [0.1, 0.15) is 135 Å². The molecule has 0 bridgehead atoms. The molecule has 0 saturated heterocycles. The van der Waals surface area contributed by atoms with Gasteiger partial charge in [0, 0.05) is 18.3 Å². The number of benzene rings is 3. The van der Waals surface area contributed by atoms with Crippen LogP contribution in [0.2, 0.25) is 0 Å². The van der Waals surface area contributed by atoms with Crippen molar-refractivity contribution in [2.45, 2.75) is 129 Å². The number of rotatable bonds is 23. The molecule has 4 rings (SSSR count). The third-order valence-electron chi connectivity index (χ3n) is 10.9. The smallest absolute Gasteiger partial charge is 0.310 e. The molecule has 0 saturated carbocycles. The number of aromatic hydroxyl groups is 2. The third-order valence-corrected chi connectivity index (χ3v) is 10.9. The molecule has 1 atom stereocenters. The van der Waals surface area contributed by atoms with E-state index in [1.807, 2.05) is 54.6 Å². The Morgan fingerprint density at radius 1 is 0.712 bits per heavy atom. The molecule has 0 amide bonds. The lowest BCUT2D eigenvalue weighted by molar-refractivity contribution is -0.134. The number of ketones is 1. The Labute approximate surface area is 355 Å². The molecule has 7 N–H and O–H groups in total. The summed E-state index contributed by atoms with van der Waals surface area (Å²) in [6.07, 6.45) is 18.6. The van der Waals surface area contributed by atoms with Crippen molar-refractivity contribution in [1.29, 1.82) is 0 Å². The number of hydrogen-bond acceptors (Lipinski definition) is 9. The molecule has 3 aromatic carbocycles. The van der Waals surface area contributed by atoms with Crippen LogP contribution < -0.4 is 21.5 Å². The van der Waals surface area contributed by atoms with E-state index in [2.05, 4.69) is 52.1 Å². The predicted molar refractivity (Wildman–Crippen MR) is 243 cm³/mol. The van der Waals surface area contributed by atoms with Crippen molar-refractivity contribution in [3.05, 3.63) is 113 Å². The minimum atomic E-state index is -0.228. The Morgan fingerprint density at radius 3 is 1.71 bits per heavy atom. The quantitative estimate of drug-likeness (QED) is 0.0357. The number of ether oxygens (including phenoxy) is 2. The monoisotopic (exact) mass is 814 g/mol. The van der Waals surface area contributed by atoms with Crippen LogP contribution in [0, 0.1) is 5.92 Å². The van der Waals surface area contributed by atoms with E-state index < -0.39 is 0 Å². The lowest BCUT2D eigenvalue weighted by Crippen LogP contribution is -2.28. The summed E-state index contributed by atoms with van der Waals surface area (Å²) in [5.74, 6) is 2.17. The minimum absolute atomic E-state index is 0.0890. The van der Waals surface area contributed by atoms with Gasteiger partial charge in [0.1, 0.15) is 29.6 Å². The highest BCUT2D eigenvalue weighted by molar-refractivity contribution is 5.79. The zero-order chi connectivity index (χ0) is 43.5. The average Bonchev–Trinajstić information content (AvgIpc) is 3.23. The van der Waals surface area contributed by atoms with Crippen LogP contribution in [0.3, 0.4) is 0 Å². The summed E-state index contributed by atoms with van der Waals surface area (Å²) in [6, 6.07) is 22.2. The van der Waals surface area contributed by atoms with E-state index in [0.717, 1.165) is 75.2 Å². The Hall–Kier alpha value is -4.44. The summed E-state index contributed by atoms with van der Waals surface area (Å²) >= 11 is 0. The van der Waals surface area contributed by atoms with Crippen LogP contribution in [0.25, 0.3) is 0 Å². The fraction of sp³-hybridized carbons (Fsp3) is 0.520. The molecule has 3 aromatic rings. The topological polar surface area (TPSA) is 157 Å². The zero-order valence-corrected chi connectivity index (χ0v) is 36.9. The number of nitrogens with two attached hydrogens (primary N) is 2. The molecule has 9 heteroatoms. The molecule has 1 unspecified atom stereocenters. The first kappa shape index (κ1) is 50.7. The maximum Gasteiger partial charge on any atom is 0.310 e. The lowest BCUT2D eigenvalue weighted by Gasteiger charge is -2.34. The molecule has 326 valence electrons. The first-order chi connectivity index (χ1) is 28.3. The van der Waals surface area contributed by atoms with Crippen molar-refractivity contribution in [2.24, 2.45) is 17.4 Å². The number of esters is 1. The molecular formula is C50H75N3O6. The normalized spacial score (nSPS) is 13.6. The van der Waals surface area contributed by atoms with Crippen LogP contribution in [0.4, 0.5) is 0 Å². The van der Waals surface area contributed by atoms with Gasteiger partial charge in [-0.05, 0) is 135 Å². The van der Waals surface area contributed by atoms with Gasteiger partial charge in [-0.2, -0.15) is 0 Å². The van der Waals surface area contributed by atoms with Gasteiger partial charge in [0.25, 0.3) is 0 Å². The summed E-state index contributed by atoms with van der Waals surface area (Å²) in [5, 5.41) is 21.9. The van der Waals surface area contributed by atoms with Gasteiger partial charge in [0.05, 0.1) is 0 Å². The first-order valence-electron chi connectivity index (χ1n) is 21.8. The second kappa shape index (κ2) is 28.1. The number of unbranched alkanes of at least 4 members (excludes halogenated alkanes) is 7. The Bertz CT molecular complexity index is 1610. The van der Waals surface area contributed by atoms with Gasteiger partial charge >= 0.3 is 5.97 Å². The molecule has 59 heavy (non-hydrogen) atoms. The van der Waals surface area contributed by atoms with E-state index in [-0.39, 0.29) is 40.7 Å². The Balaban J connectivity index is 0.000000393. The van der Waals surface area contributed by atoms with Gasteiger partial charge in [-0.15, -0.1) is 0 Å². The molecule has 0 fully saturated rings. The summed E-state index contributed by atoms with van der Waals surface area (Å²) in [6.45, 7) is 16.5. The second-order valence-corrected chi connectivity index (χ2v) is 16.3. The SMILES string of the molecule is CC(C)(c1ccc(O)cc1)c1ccc(O)cc1.CCNCCCCCCCC(=O)COC1=CCC(C(C)(C)c2ccc(OC(=O)CC)cc2)C=C1.NCCCCCCN. The van der Waals surface area contributed by atoms with Gasteiger partial charge < -0.3 is 36.5 Å². The van der Waals surface area contributed by atoms with Crippen molar-refractivity contribution < 1.29 is 29.3 Å². The Kier molecular flexibility index (Phi) is 24.2. The highest BCUT2D eigenvalue weighted by Gasteiger charge is 2.30. The average molecular weight is 814 g/mol. The molecule has 1 aliphatic rings. The van der Waals surface area contributed by atoms with E-state index in [4.69, 9.17) is 20.9 Å². The number of allylic oxidation sites excluding steroid dienone is 3. The molecular weight excluding hydrogens is 739 g/mol. The number of carbonyl (C=O) groups excluding carboxylic acids is 2. The minimum Gasteiger partial charge on any atom is -0.508 e. The van der Waals surface area contributed by atoms with Crippen LogP contribution >= 0.6 is 0 Å². The number of phenols is 2. The summed E-state index contributed by atoms with van der Waals surface area (Å²) in [5.41, 5.74) is 13.8. The first-order valence-corrected chi connectivity index (χ1v) is 21.8. The van der Waals surface area contributed by atoms with Crippen molar-refractivity contribution in [3.8, 4) is 17.2 Å². The molecule has 0 aliphatic heterocycles. The molecule has 0 radical (unpaired) electrons. The van der Waals surface area contributed by atoms with Gasteiger partial charge in [-0.3, -0.25) is 9.59 Å². The fourth-order valence-corrected chi connectivity index (χ4v) is 6.69. The van der Waals surface area contributed by atoms with E-state index in [9.17, 15) is 19.8 Å². The number of carbonyl (C=O) groups is 2. The number of nitrogens with one attached hydrogen (secondary N) is 1. The van der Waals surface area contributed by atoms with Gasteiger partial charge in [-0.25, -0.2) is 0 Å². The van der Waals surface area contributed by atoms with E-state index >= 15 is 0 Å². The van der Waals surface area contributed by atoms with E-state index in [1.54, 1.807) is 31.2 Å². The standard InChI is InChI=1S/C29H43NO4.C15H16O2.C6H16N2/c1-5-28(32)34-27-19-15-24(16-20-27)29(3,4)23-13-17-26(18-14-23)33-22-25(31)12-10-8-7-9-11-21-30-6-2;1-15(2,11-3-7-13(16)8-4-11)12-5-9-14(17)10-6-12;7-5-3-1-2-4-6-8/h13,15-20,23,30H,5-12,14,21-22H2,1-4H3;3-10,16-17H,1-2H3;1-8H2. The summed E-state index contributed by atoms with van der Waals surface area (Å²) < 4.78 is 11.0. The van der Waals surface area contributed by atoms with Gasteiger partial charge in [0.2, 0.25) is 0 Å². The van der Waals surface area contributed by atoms with Crippen LogP contribution in [0.5, 0.6) is 17.2 Å². The van der Waals surface area contributed by atoms with Crippen molar-refractivity contribution in [2.75, 3.05) is 32.8 Å². The number of hydrogen-bond donors (Lipinski definition) is 5. The predicted octanol–water partition coefficient (Wildman–Crippen LogP) is 10.2. The second-order valence-electron chi connectivity index (χ2n) is 16.3. The van der Waals surface area contributed by atoms with Crippen LogP contribution in [0.15, 0.2) is 96.8 Å². The van der Waals surface area contributed by atoms with E-state index in [0.29, 0.717) is 24.5 Å². The van der Waals surface area contributed by atoms with Gasteiger partial charge in [-0.1, -0.05) is 116 Å². The van der Waals surface area contributed by atoms with Crippen molar-refractivity contribution in [1.82, 2.24) is 5.32 Å². The van der Waals surface area contributed by atoms with Crippen LogP contribution in [-0.2, 0) is 25.2 Å². The highest BCUT2D eigenvalue weighted by atomic mass is 16.5. The maximum absolute atomic E-state index is 12.2. The van der Waals surface area contributed by atoms with E-state index in [1.165, 1.54) is 37.7 Å². The number of phenolic OH excluding ortho intramolecular Hbond substituents is 2. The summed E-state index contributed by atoms with van der Waals surface area (Å²) in [4.78, 5) is 23.6. The van der Waals surface area contributed by atoms with Crippen molar-refractivity contribution in [3.63, 3.8) is 0 Å². The largest absolute Gasteiger partial charge is 0.508 e. The molecule has 1 aliphatic carbocycles. The van der Waals surface area contributed by atoms with Crippen molar-refractivity contribution >= 4 is 11.8 Å². The maximum atomic E-state index is 12.2. The molecule has 0 spiro atoms. The fourth-order valence-electron chi connectivity index (χ4n) is 6.69. The van der Waals surface area contributed by atoms with Gasteiger partial charge in [0.15, 0.2) is 5.78 Å². The third kappa shape index (κ3) is 19.5. The highest BCUT2D eigenvalue weighted by Crippen LogP contribution is 2.38. The number of Topliss-reactive ketones (excluding diaryl/α,β-unsaturated/α-hetero) is 1. The Morgan fingerprint density at radius 2 is 1.22 bits per heavy atom. The zero-order valence-electron chi connectivity index (χ0n) is 36.9. The molecule has 9 nitrogen and oxygen atoms in total.